The number of anilines is 5. The highest BCUT2D eigenvalue weighted by atomic mass is 32.1. The molecule has 4 aromatic heterocycles. The maximum atomic E-state index is 13.4. The molecule has 0 spiro atoms. The number of ether oxygens (including phenoxy) is 1. The zero-order valence-electron chi connectivity index (χ0n) is 27.2. The number of likely N-dealkylation sites (N-methyl/N-ethyl adjacent to an activating group) is 1. The van der Waals surface area contributed by atoms with Crippen LogP contribution in [0.4, 0.5) is 28.8 Å². The summed E-state index contributed by atoms with van der Waals surface area (Å²) in [5.74, 6) is 1.84. The zero-order chi connectivity index (χ0) is 32.0. The molecule has 242 valence electrons. The van der Waals surface area contributed by atoms with Crippen LogP contribution in [-0.4, -0.2) is 102 Å². The van der Waals surface area contributed by atoms with Gasteiger partial charge in [0.2, 0.25) is 5.95 Å². The van der Waals surface area contributed by atoms with E-state index in [1.807, 2.05) is 34.3 Å². The van der Waals surface area contributed by atoms with E-state index >= 15 is 0 Å². The van der Waals surface area contributed by atoms with Gasteiger partial charge in [-0.15, -0.1) is 11.3 Å². The fourth-order valence-corrected chi connectivity index (χ4v) is 8.94. The van der Waals surface area contributed by atoms with Crippen LogP contribution in [0.25, 0.3) is 15.9 Å². The molecular formula is C33H42N9O2PS. The van der Waals surface area contributed by atoms with Crippen LogP contribution >= 0.6 is 18.5 Å². The summed E-state index contributed by atoms with van der Waals surface area (Å²) >= 11 is 1.56. The third kappa shape index (κ3) is 6.07. The van der Waals surface area contributed by atoms with Gasteiger partial charge in [-0.25, -0.2) is 9.97 Å². The molecule has 1 aromatic carbocycles. The maximum Gasteiger partial charge on any atom is 0.229 e. The van der Waals surface area contributed by atoms with E-state index in [4.69, 9.17) is 14.7 Å². The van der Waals surface area contributed by atoms with Gasteiger partial charge < -0.3 is 34.1 Å². The Labute approximate surface area is 274 Å². The van der Waals surface area contributed by atoms with Crippen molar-refractivity contribution in [3.8, 4) is 5.75 Å². The molecule has 0 amide bonds. The monoisotopic (exact) mass is 659 g/mol. The van der Waals surface area contributed by atoms with Crippen LogP contribution in [0.5, 0.6) is 5.75 Å². The number of nitrogens with zero attached hydrogens (tertiary/aromatic N) is 7. The number of imidazole rings is 1. The third-order valence-corrected chi connectivity index (χ3v) is 11.7. The van der Waals surface area contributed by atoms with Crippen LogP contribution in [0.15, 0.2) is 48.2 Å². The minimum Gasteiger partial charge on any atom is -0.494 e. The van der Waals surface area contributed by atoms with Crippen molar-refractivity contribution in [1.29, 1.82) is 0 Å². The van der Waals surface area contributed by atoms with Gasteiger partial charge in [0, 0.05) is 75.7 Å². The predicted molar refractivity (Wildman–Crippen MR) is 190 cm³/mol. The molecule has 0 unspecified atom stereocenters. The molecule has 2 saturated heterocycles. The molecule has 46 heavy (non-hydrogen) atoms. The highest BCUT2D eigenvalue weighted by Crippen LogP contribution is 2.41. The second-order valence-electron chi connectivity index (χ2n) is 12.8. The molecule has 0 bridgehead atoms. The molecule has 7 rings (SSSR count). The summed E-state index contributed by atoms with van der Waals surface area (Å²) in [4.78, 5) is 21.8. The molecule has 6 heterocycles. The Morgan fingerprint density at radius 3 is 2.50 bits per heavy atom. The van der Waals surface area contributed by atoms with Crippen molar-refractivity contribution in [3.05, 3.63) is 53.8 Å². The molecule has 0 atom stereocenters. The van der Waals surface area contributed by atoms with E-state index in [-0.39, 0.29) is 0 Å². The van der Waals surface area contributed by atoms with Crippen LogP contribution < -0.4 is 25.6 Å². The lowest BCUT2D eigenvalue weighted by Crippen LogP contribution is -2.52. The Kier molecular flexibility index (Phi) is 8.39. The Hall–Kier alpha value is -3.70. The standard InChI is InChI=1S/C33H42N9O2PS/c1-22-20-26(28(44-3)21-27(22)41-11-6-23(7-12-41)40-17-15-39(2)16-18-40)37-33-36-25-9-19-46-30(25)31(38-33)35-24-8-13-42-14-10-34-32(42)29(24)45(4,5)43/h8-10,13-14,19-21,23H,6-7,11-12,15-18H2,1-5H3,(H2,35,36,37,38). The van der Waals surface area contributed by atoms with Crippen molar-refractivity contribution in [2.75, 3.05) is 82.3 Å². The average molecular weight is 660 g/mol. The molecule has 5 aromatic rings. The van der Waals surface area contributed by atoms with Crippen LogP contribution in [0.2, 0.25) is 0 Å². The number of hydrogen-bond donors (Lipinski definition) is 2. The normalized spacial score (nSPS) is 17.2. The first-order valence-electron chi connectivity index (χ1n) is 15.8. The number of piperazine rings is 1. The van der Waals surface area contributed by atoms with E-state index in [0.717, 1.165) is 53.5 Å². The number of aromatic nitrogens is 4. The van der Waals surface area contributed by atoms with Gasteiger partial charge in [-0.1, -0.05) is 0 Å². The number of methoxy groups -OCH3 is 1. The Bertz CT molecular complexity index is 1920. The molecule has 0 radical (unpaired) electrons. The van der Waals surface area contributed by atoms with E-state index in [0.29, 0.717) is 28.8 Å². The highest BCUT2D eigenvalue weighted by Gasteiger charge is 2.28. The number of fused-ring (bicyclic) bond motifs is 2. The number of aryl methyl sites for hydroxylation is 1. The van der Waals surface area contributed by atoms with Gasteiger partial charge in [-0.3, -0.25) is 4.90 Å². The molecule has 2 fully saturated rings. The molecule has 11 nitrogen and oxygen atoms in total. The maximum absolute atomic E-state index is 13.4. The number of thiophene rings is 1. The van der Waals surface area contributed by atoms with Crippen molar-refractivity contribution in [3.63, 3.8) is 0 Å². The molecule has 2 aliphatic heterocycles. The van der Waals surface area contributed by atoms with Crippen molar-refractivity contribution in [1.82, 2.24) is 29.2 Å². The number of pyridine rings is 1. The van der Waals surface area contributed by atoms with E-state index in [2.05, 4.69) is 56.4 Å². The summed E-state index contributed by atoms with van der Waals surface area (Å²) in [6.07, 6.45) is 7.85. The second kappa shape index (κ2) is 12.5. The topological polar surface area (TPSA) is 103 Å². The number of nitrogens with one attached hydrogen (secondary N) is 2. The van der Waals surface area contributed by atoms with Crippen molar-refractivity contribution in [2.45, 2.75) is 25.8 Å². The summed E-state index contributed by atoms with van der Waals surface area (Å²) in [6.45, 7) is 12.4. The molecule has 2 aliphatic rings. The summed E-state index contributed by atoms with van der Waals surface area (Å²) in [7, 11) is 1.23. The SMILES string of the molecule is COc1cc(N2CCC(N3CCN(C)CC3)CC2)c(C)cc1Nc1nc(Nc2ccn3ccnc3c2P(C)(C)=O)c2sccc2n1. The lowest BCUT2D eigenvalue weighted by molar-refractivity contribution is 0.0982. The number of rotatable bonds is 8. The lowest BCUT2D eigenvalue weighted by atomic mass is 10.0. The van der Waals surface area contributed by atoms with Gasteiger partial charge in [0.25, 0.3) is 0 Å². The molecular weight excluding hydrogens is 617 g/mol. The second-order valence-corrected chi connectivity index (χ2v) is 16.8. The van der Waals surface area contributed by atoms with Crippen molar-refractivity contribution < 1.29 is 9.30 Å². The quantitative estimate of drug-likeness (QED) is 0.205. The molecule has 13 heteroatoms. The minimum absolute atomic E-state index is 0.450. The Morgan fingerprint density at radius 2 is 1.76 bits per heavy atom. The van der Waals surface area contributed by atoms with Gasteiger partial charge in [-0.2, -0.15) is 4.98 Å². The van der Waals surface area contributed by atoms with Crippen LogP contribution in [0.1, 0.15) is 18.4 Å². The zero-order valence-corrected chi connectivity index (χ0v) is 28.9. The first-order chi connectivity index (χ1) is 22.2. The third-order valence-electron chi connectivity index (χ3n) is 9.26. The first-order valence-corrected chi connectivity index (χ1v) is 19.3. The summed E-state index contributed by atoms with van der Waals surface area (Å²) in [5, 5.41) is 9.63. The fourth-order valence-electron chi connectivity index (χ4n) is 6.80. The van der Waals surface area contributed by atoms with Crippen LogP contribution in [0.3, 0.4) is 0 Å². The smallest absolute Gasteiger partial charge is 0.229 e. The van der Waals surface area contributed by atoms with E-state index in [1.165, 1.54) is 37.2 Å². The van der Waals surface area contributed by atoms with Gasteiger partial charge in [0.05, 0.1) is 34.0 Å². The molecule has 0 aliphatic carbocycles. The summed E-state index contributed by atoms with van der Waals surface area (Å²) in [6, 6.07) is 8.85. The van der Waals surface area contributed by atoms with Crippen LogP contribution in [-0.2, 0) is 4.57 Å². The van der Waals surface area contributed by atoms with E-state index in [1.54, 1.807) is 38.0 Å². The van der Waals surface area contributed by atoms with Crippen molar-refractivity contribution in [2.24, 2.45) is 0 Å². The van der Waals surface area contributed by atoms with E-state index in [9.17, 15) is 4.57 Å². The van der Waals surface area contributed by atoms with Gasteiger partial charge in [0.15, 0.2) is 5.82 Å². The molecule has 0 saturated carbocycles. The number of hydrogen-bond acceptors (Lipinski definition) is 11. The predicted octanol–water partition coefficient (Wildman–Crippen LogP) is 5.61. The van der Waals surface area contributed by atoms with Gasteiger partial charge in [0.1, 0.15) is 18.5 Å². The fraction of sp³-hybridized carbons (Fsp3) is 0.424. The largest absolute Gasteiger partial charge is 0.494 e. The Morgan fingerprint density at radius 1 is 0.978 bits per heavy atom. The van der Waals surface area contributed by atoms with Crippen molar-refractivity contribution >= 4 is 68.5 Å². The summed E-state index contributed by atoms with van der Waals surface area (Å²) in [5.41, 5.74) is 5.41. The Balaban J connectivity index is 1.14. The first kappa shape index (κ1) is 30.9. The number of piperidine rings is 1. The van der Waals surface area contributed by atoms with Gasteiger partial charge in [-0.05, 0) is 69.3 Å². The molecule has 2 N–H and O–H groups in total. The van der Waals surface area contributed by atoms with Gasteiger partial charge >= 0.3 is 0 Å². The van der Waals surface area contributed by atoms with Crippen LogP contribution in [0, 0.1) is 6.92 Å². The minimum atomic E-state index is -2.69. The average Bonchev–Trinajstić information content (AvgIpc) is 3.71. The lowest BCUT2D eigenvalue weighted by Gasteiger charge is -2.43. The summed E-state index contributed by atoms with van der Waals surface area (Å²) < 4.78 is 22.2. The van der Waals surface area contributed by atoms with E-state index < -0.39 is 7.14 Å². The highest BCUT2D eigenvalue weighted by molar-refractivity contribution is 7.70. The number of benzene rings is 1.